The summed E-state index contributed by atoms with van der Waals surface area (Å²) in [5.74, 6) is -1.32. The van der Waals surface area contributed by atoms with Crippen molar-refractivity contribution in [2.75, 3.05) is 26.2 Å². The first-order chi connectivity index (χ1) is 9.61. The first-order valence-electron chi connectivity index (χ1n) is 7.07. The normalized spacial score (nSPS) is 18.9. The van der Waals surface area contributed by atoms with Gasteiger partial charge in [0.15, 0.2) is 0 Å². The molecule has 1 N–H and O–H groups in total. The van der Waals surface area contributed by atoms with Gasteiger partial charge in [0.2, 0.25) is 0 Å². The van der Waals surface area contributed by atoms with E-state index in [0.29, 0.717) is 19.0 Å². The van der Waals surface area contributed by atoms with E-state index in [-0.39, 0.29) is 5.56 Å². The second-order valence-electron chi connectivity index (χ2n) is 5.18. The smallest absolute Gasteiger partial charge is 0.256 e. The summed E-state index contributed by atoms with van der Waals surface area (Å²) in [6.07, 6.45) is 2.15. The van der Waals surface area contributed by atoms with Crippen molar-refractivity contribution in [1.29, 1.82) is 0 Å². The molecule has 1 fully saturated rings. The Morgan fingerprint density at radius 2 is 2.25 bits per heavy atom. The minimum absolute atomic E-state index is 0.185. The zero-order chi connectivity index (χ0) is 14.5. The molecule has 1 atom stereocenters. The summed E-state index contributed by atoms with van der Waals surface area (Å²) in [7, 11) is 0. The van der Waals surface area contributed by atoms with Crippen molar-refractivity contribution < 1.29 is 13.6 Å². The van der Waals surface area contributed by atoms with Gasteiger partial charge in [0.1, 0.15) is 11.6 Å². The summed E-state index contributed by atoms with van der Waals surface area (Å²) in [4.78, 5) is 13.9. The average Bonchev–Trinajstić information content (AvgIpc) is 2.47. The van der Waals surface area contributed by atoms with Crippen LogP contribution in [-0.2, 0) is 0 Å². The van der Waals surface area contributed by atoms with E-state index in [4.69, 9.17) is 0 Å². The van der Waals surface area contributed by atoms with E-state index in [1.165, 1.54) is 0 Å². The fourth-order valence-electron chi connectivity index (χ4n) is 2.58. The number of nitrogens with zero attached hydrogens (tertiary/aromatic N) is 1. The Balaban J connectivity index is 2.09. The molecule has 2 rings (SSSR count). The topological polar surface area (TPSA) is 32.3 Å². The van der Waals surface area contributed by atoms with Gasteiger partial charge in [0, 0.05) is 13.1 Å². The number of piperidine rings is 1. The Bertz CT molecular complexity index is 473. The van der Waals surface area contributed by atoms with Crippen LogP contribution in [0.5, 0.6) is 0 Å². The second kappa shape index (κ2) is 6.79. The Labute approximate surface area is 118 Å². The molecule has 0 aromatic heterocycles. The van der Waals surface area contributed by atoms with Crippen molar-refractivity contribution >= 4 is 5.91 Å². The molecule has 1 aliphatic heterocycles. The predicted octanol–water partition coefficient (Wildman–Crippen LogP) is 2.43. The fraction of sp³-hybridized carbons (Fsp3) is 0.533. The van der Waals surface area contributed by atoms with Crippen LogP contribution >= 0.6 is 0 Å². The van der Waals surface area contributed by atoms with Crippen molar-refractivity contribution in [2.45, 2.75) is 19.8 Å². The SMILES string of the molecule is CCN(CC1CCCNC1)C(=O)c1cc(F)ccc1F. The molecular weight excluding hydrogens is 262 g/mol. The van der Waals surface area contributed by atoms with Crippen LogP contribution in [0.15, 0.2) is 18.2 Å². The number of amides is 1. The molecule has 1 unspecified atom stereocenters. The summed E-state index contributed by atoms with van der Waals surface area (Å²) in [5, 5.41) is 3.29. The molecule has 1 aromatic carbocycles. The number of nitrogens with one attached hydrogen (secondary N) is 1. The van der Waals surface area contributed by atoms with Gasteiger partial charge in [-0.2, -0.15) is 0 Å². The van der Waals surface area contributed by atoms with Gasteiger partial charge in [-0.05, 0) is 57.0 Å². The molecule has 110 valence electrons. The third-order valence-electron chi connectivity index (χ3n) is 3.71. The third-order valence-corrected chi connectivity index (χ3v) is 3.71. The molecule has 1 aromatic rings. The van der Waals surface area contributed by atoms with Crippen molar-refractivity contribution in [1.82, 2.24) is 10.2 Å². The van der Waals surface area contributed by atoms with Gasteiger partial charge >= 0.3 is 0 Å². The highest BCUT2D eigenvalue weighted by atomic mass is 19.1. The predicted molar refractivity (Wildman–Crippen MR) is 73.5 cm³/mol. The molecule has 0 saturated carbocycles. The molecule has 1 saturated heterocycles. The van der Waals surface area contributed by atoms with Crippen molar-refractivity contribution in [3.63, 3.8) is 0 Å². The fourth-order valence-corrected chi connectivity index (χ4v) is 2.58. The van der Waals surface area contributed by atoms with Crippen LogP contribution in [0.1, 0.15) is 30.1 Å². The molecule has 1 aliphatic rings. The molecule has 20 heavy (non-hydrogen) atoms. The van der Waals surface area contributed by atoms with Crippen molar-refractivity contribution in [3.8, 4) is 0 Å². The Morgan fingerprint density at radius 1 is 1.45 bits per heavy atom. The highest BCUT2D eigenvalue weighted by Crippen LogP contribution is 2.16. The molecule has 0 bridgehead atoms. The summed E-state index contributed by atoms with van der Waals surface area (Å²) < 4.78 is 26.9. The van der Waals surface area contributed by atoms with Crippen LogP contribution in [0.2, 0.25) is 0 Å². The van der Waals surface area contributed by atoms with Crippen LogP contribution < -0.4 is 5.32 Å². The van der Waals surface area contributed by atoms with Crippen LogP contribution in [0.4, 0.5) is 8.78 Å². The molecule has 5 heteroatoms. The maximum atomic E-state index is 13.7. The van der Waals surface area contributed by atoms with Crippen LogP contribution in [-0.4, -0.2) is 37.0 Å². The van der Waals surface area contributed by atoms with Crippen LogP contribution in [0.25, 0.3) is 0 Å². The maximum Gasteiger partial charge on any atom is 0.256 e. The first kappa shape index (κ1) is 14.9. The lowest BCUT2D eigenvalue weighted by molar-refractivity contribution is 0.0724. The van der Waals surface area contributed by atoms with Crippen molar-refractivity contribution in [3.05, 3.63) is 35.4 Å². The minimum Gasteiger partial charge on any atom is -0.339 e. The monoisotopic (exact) mass is 282 g/mol. The van der Waals surface area contributed by atoms with E-state index in [2.05, 4.69) is 5.32 Å². The number of benzene rings is 1. The zero-order valence-electron chi connectivity index (χ0n) is 11.7. The van der Waals surface area contributed by atoms with E-state index >= 15 is 0 Å². The molecule has 0 radical (unpaired) electrons. The Kier molecular flexibility index (Phi) is 5.06. The summed E-state index contributed by atoms with van der Waals surface area (Å²) in [5.41, 5.74) is -0.185. The zero-order valence-corrected chi connectivity index (χ0v) is 11.7. The number of carbonyl (C=O) groups excluding carboxylic acids is 1. The molecule has 1 heterocycles. The lowest BCUT2D eigenvalue weighted by atomic mass is 9.98. The number of halogens is 2. The molecule has 0 aliphatic carbocycles. The molecule has 0 spiro atoms. The Hall–Kier alpha value is -1.49. The van der Waals surface area contributed by atoms with Crippen LogP contribution in [0.3, 0.4) is 0 Å². The highest BCUT2D eigenvalue weighted by Gasteiger charge is 2.23. The lowest BCUT2D eigenvalue weighted by Gasteiger charge is -2.29. The average molecular weight is 282 g/mol. The number of hydrogen-bond acceptors (Lipinski definition) is 2. The van der Waals surface area contributed by atoms with Gasteiger partial charge in [-0.1, -0.05) is 0 Å². The summed E-state index contributed by atoms with van der Waals surface area (Å²) in [6.45, 7) is 4.80. The quantitative estimate of drug-likeness (QED) is 0.920. The standard InChI is InChI=1S/C15H20F2N2O/c1-2-19(10-11-4-3-7-18-9-11)15(20)13-8-12(16)5-6-14(13)17/h5-6,8,11,18H,2-4,7,9-10H2,1H3. The van der Waals surface area contributed by atoms with Gasteiger partial charge in [-0.25, -0.2) is 8.78 Å². The Morgan fingerprint density at radius 3 is 2.90 bits per heavy atom. The van der Waals surface area contributed by atoms with Gasteiger partial charge in [-0.15, -0.1) is 0 Å². The summed E-state index contributed by atoms with van der Waals surface area (Å²) >= 11 is 0. The summed E-state index contributed by atoms with van der Waals surface area (Å²) in [6, 6.07) is 2.99. The van der Waals surface area contributed by atoms with E-state index in [1.54, 1.807) is 4.90 Å². The minimum atomic E-state index is -0.670. The number of carbonyl (C=O) groups is 1. The van der Waals surface area contributed by atoms with E-state index < -0.39 is 17.5 Å². The van der Waals surface area contributed by atoms with Crippen molar-refractivity contribution in [2.24, 2.45) is 5.92 Å². The van der Waals surface area contributed by atoms with Gasteiger partial charge in [-0.3, -0.25) is 4.79 Å². The van der Waals surface area contributed by atoms with Gasteiger partial charge in [0.25, 0.3) is 5.91 Å². The first-order valence-corrected chi connectivity index (χ1v) is 7.07. The highest BCUT2D eigenvalue weighted by molar-refractivity contribution is 5.94. The molecule has 3 nitrogen and oxygen atoms in total. The largest absolute Gasteiger partial charge is 0.339 e. The molecular formula is C15H20F2N2O. The van der Waals surface area contributed by atoms with E-state index in [1.807, 2.05) is 6.92 Å². The maximum absolute atomic E-state index is 13.7. The number of rotatable bonds is 4. The van der Waals surface area contributed by atoms with E-state index in [0.717, 1.165) is 44.1 Å². The van der Waals surface area contributed by atoms with Gasteiger partial charge < -0.3 is 10.2 Å². The van der Waals surface area contributed by atoms with Gasteiger partial charge in [0.05, 0.1) is 5.56 Å². The van der Waals surface area contributed by atoms with E-state index in [9.17, 15) is 13.6 Å². The lowest BCUT2D eigenvalue weighted by Crippen LogP contribution is -2.41. The second-order valence-corrected chi connectivity index (χ2v) is 5.18. The number of hydrogen-bond donors (Lipinski definition) is 1. The molecule has 1 amide bonds. The van der Waals surface area contributed by atoms with Crippen LogP contribution in [0, 0.1) is 17.6 Å². The third kappa shape index (κ3) is 3.54.